The molecule has 0 amide bonds. The molecule has 70 valence electrons. The molecule has 0 bridgehead atoms. The smallest absolute Gasteiger partial charge is 0.408 e. The monoisotopic (exact) mass is 190 g/mol. The maximum Gasteiger partial charge on any atom is 0.417 e. The van der Waals surface area contributed by atoms with Crippen LogP contribution in [0.4, 0.5) is 5.69 Å². The van der Waals surface area contributed by atoms with E-state index in [1.54, 1.807) is 12.1 Å². The largest absolute Gasteiger partial charge is 0.417 e. The Bertz CT molecular complexity index is 588. The van der Waals surface area contributed by atoms with Gasteiger partial charge in [-0.25, -0.2) is 9.59 Å². The lowest BCUT2D eigenvalue weighted by Crippen LogP contribution is -1.92. The van der Waals surface area contributed by atoms with Crippen LogP contribution in [0, 0.1) is 6.92 Å². The molecule has 1 heterocycles. The Balaban J connectivity index is 2.92. The predicted molar refractivity (Wildman–Crippen MR) is 49.4 cm³/mol. The predicted octanol–water partition coefficient (Wildman–Crippen LogP) is 1.40. The lowest BCUT2D eigenvalue weighted by molar-refractivity contribution is 0.555. The lowest BCUT2D eigenvalue weighted by atomic mass is 10.2. The SMILES string of the molecule is Cc1cc(N=C=O)c2[nH]c(=O)oc2c1. The van der Waals surface area contributed by atoms with Gasteiger partial charge in [-0.15, -0.1) is 0 Å². The van der Waals surface area contributed by atoms with Crippen LogP contribution >= 0.6 is 0 Å². The summed E-state index contributed by atoms with van der Waals surface area (Å²) in [5, 5.41) is 0. The van der Waals surface area contributed by atoms with E-state index in [-0.39, 0.29) is 0 Å². The number of hydrogen-bond acceptors (Lipinski definition) is 4. The summed E-state index contributed by atoms with van der Waals surface area (Å²) in [5.74, 6) is -0.562. The highest BCUT2D eigenvalue weighted by molar-refractivity contribution is 5.86. The van der Waals surface area contributed by atoms with Crippen LogP contribution in [-0.2, 0) is 4.79 Å². The first-order valence-electron chi connectivity index (χ1n) is 3.92. The second-order valence-electron chi connectivity index (χ2n) is 2.87. The van der Waals surface area contributed by atoms with Gasteiger partial charge in [0, 0.05) is 0 Å². The lowest BCUT2D eigenvalue weighted by Gasteiger charge is -1.94. The molecular formula is C9H6N2O3. The van der Waals surface area contributed by atoms with Crippen molar-refractivity contribution < 1.29 is 9.21 Å². The Morgan fingerprint density at radius 1 is 1.50 bits per heavy atom. The van der Waals surface area contributed by atoms with Crippen LogP contribution in [0.2, 0.25) is 0 Å². The van der Waals surface area contributed by atoms with E-state index in [1.165, 1.54) is 6.08 Å². The van der Waals surface area contributed by atoms with Crippen molar-refractivity contribution in [3.8, 4) is 0 Å². The molecule has 0 aliphatic rings. The van der Waals surface area contributed by atoms with Crippen molar-refractivity contribution in [2.24, 2.45) is 4.99 Å². The Kier molecular flexibility index (Phi) is 1.80. The molecule has 2 rings (SSSR count). The molecule has 0 radical (unpaired) electrons. The minimum Gasteiger partial charge on any atom is -0.408 e. The summed E-state index contributed by atoms with van der Waals surface area (Å²) >= 11 is 0. The number of rotatable bonds is 1. The molecule has 0 saturated carbocycles. The van der Waals surface area contributed by atoms with Crippen LogP contribution < -0.4 is 5.76 Å². The molecule has 0 aliphatic carbocycles. The maximum absolute atomic E-state index is 10.9. The van der Waals surface area contributed by atoms with E-state index in [2.05, 4.69) is 9.98 Å². The normalized spacial score (nSPS) is 10.1. The van der Waals surface area contributed by atoms with Gasteiger partial charge in [-0.05, 0) is 24.6 Å². The Morgan fingerprint density at radius 2 is 2.29 bits per heavy atom. The number of carbonyl (C=O) groups excluding carboxylic acids is 1. The third-order valence-electron chi connectivity index (χ3n) is 1.82. The molecular weight excluding hydrogens is 184 g/mol. The maximum atomic E-state index is 10.9. The summed E-state index contributed by atoms with van der Waals surface area (Å²) in [6.07, 6.45) is 1.42. The molecule has 1 aromatic carbocycles. The number of aromatic nitrogens is 1. The number of nitrogens with zero attached hydrogens (tertiary/aromatic N) is 1. The van der Waals surface area contributed by atoms with E-state index in [0.29, 0.717) is 16.8 Å². The van der Waals surface area contributed by atoms with Gasteiger partial charge in [0.15, 0.2) is 5.58 Å². The van der Waals surface area contributed by atoms with Gasteiger partial charge in [-0.3, -0.25) is 4.98 Å². The summed E-state index contributed by atoms with van der Waals surface area (Å²) in [4.78, 5) is 26.9. The van der Waals surface area contributed by atoms with Crippen molar-refractivity contribution >= 4 is 22.9 Å². The number of hydrogen-bond donors (Lipinski definition) is 1. The zero-order valence-corrected chi connectivity index (χ0v) is 7.33. The van der Waals surface area contributed by atoms with E-state index in [1.807, 2.05) is 6.92 Å². The second-order valence-corrected chi connectivity index (χ2v) is 2.87. The zero-order valence-electron chi connectivity index (χ0n) is 7.33. The van der Waals surface area contributed by atoms with E-state index in [4.69, 9.17) is 4.42 Å². The van der Waals surface area contributed by atoms with Crippen LogP contribution in [-0.4, -0.2) is 11.1 Å². The zero-order chi connectivity index (χ0) is 10.1. The van der Waals surface area contributed by atoms with Crippen molar-refractivity contribution in [3.63, 3.8) is 0 Å². The first kappa shape index (κ1) is 8.47. The number of nitrogens with one attached hydrogen (secondary N) is 1. The number of H-pyrrole nitrogens is 1. The minimum atomic E-state index is -0.562. The van der Waals surface area contributed by atoms with Crippen LogP contribution in [0.25, 0.3) is 11.1 Å². The molecule has 1 N–H and O–H groups in total. The highest BCUT2D eigenvalue weighted by Gasteiger charge is 2.06. The molecule has 0 atom stereocenters. The van der Waals surface area contributed by atoms with Gasteiger partial charge in [-0.1, -0.05) is 0 Å². The summed E-state index contributed by atoms with van der Waals surface area (Å²) in [5.41, 5.74) is 2.03. The first-order valence-corrected chi connectivity index (χ1v) is 3.92. The fourth-order valence-electron chi connectivity index (χ4n) is 1.31. The molecule has 0 aliphatic heterocycles. The molecule has 0 spiro atoms. The second kappa shape index (κ2) is 2.97. The van der Waals surface area contributed by atoms with Crippen molar-refractivity contribution in [2.45, 2.75) is 6.92 Å². The molecule has 0 saturated heterocycles. The van der Waals surface area contributed by atoms with Gasteiger partial charge in [-0.2, -0.15) is 4.99 Å². The van der Waals surface area contributed by atoms with Crippen LogP contribution in [0.3, 0.4) is 0 Å². The van der Waals surface area contributed by atoms with E-state index >= 15 is 0 Å². The number of aromatic amines is 1. The van der Waals surface area contributed by atoms with E-state index in [9.17, 15) is 9.59 Å². The molecule has 1 aromatic heterocycles. The third kappa shape index (κ3) is 1.26. The van der Waals surface area contributed by atoms with Crippen LogP contribution in [0.1, 0.15) is 5.56 Å². The fraction of sp³-hybridized carbons (Fsp3) is 0.111. The Morgan fingerprint density at radius 3 is 3.00 bits per heavy atom. The summed E-state index contributed by atoms with van der Waals surface area (Å²) in [7, 11) is 0. The standard InChI is InChI=1S/C9H6N2O3/c1-5-2-6(10-4-12)8-7(3-5)14-9(13)11-8/h2-3H,1H3,(H,11,13). The van der Waals surface area contributed by atoms with Gasteiger partial charge in [0.25, 0.3) is 0 Å². The highest BCUT2D eigenvalue weighted by atomic mass is 16.4. The molecule has 5 heteroatoms. The summed E-state index contributed by atoms with van der Waals surface area (Å²) in [6.45, 7) is 1.82. The van der Waals surface area contributed by atoms with Crippen molar-refractivity contribution in [1.29, 1.82) is 0 Å². The first-order chi connectivity index (χ1) is 6.70. The van der Waals surface area contributed by atoms with Gasteiger partial charge in [0.1, 0.15) is 11.2 Å². The van der Waals surface area contributed by atoms with Crippen LogP contribution in [0.15, 0.2) is 26.3 Å². The third-order valence-corrected chi connectivity index (χ3v) is 1.82. The van der Waals surface area contributed by atoms with Gasteiger partial charge >= 0.3 is 5.76 Å². The number of aryl methyl sites for hydroxylation is 1. The van der Waals surface area contributed by atoms with Gasteiger partial charge < -0.3 is 4.42 Å². The fourth-order valence-corrected chi connectivity index (χ4v) is 1.31. The van der Waals surface area contributed by atoms with Crippen molar-refractivity contribution in [3.05, 3.63) is 28.2 Å². The van der Waals surface area contributed by atoms with Crippen molar-refractivity contribution in [1.82, 2.24) is 4.98 Å². The number of aliphatic imine (C=N–C) groups is 1. The molecule has 0 fully saturated rings. The number of oxazole rings is 1. The highest BCUT2D eigenvalue weighted by Crippen LogP contribution is 2.24. The number of benzene rings is 1. The summed E-state index contributed by atoms with van der Waals surface area (Å²) < 4.78 is 4.83. The number of isocyanates is 1. The Hall–Kier alpha value is -2.13. The topological polar surface area (TPSA) is 75.4 Å². The average Bonchev–Trinajstić information content (AvgIpc) is 2.45. The van der Waals surface area contributed by atoms with Crippen molar-refractivity contribution in [2.75, 3.05) is 0 Å². The Labute approximate surface area is 78.1 Å². The van der Waals surface area contributed by atoms with E-state index in [0.717, 1.165) is 5.56 Å². The van der Waals surface area contributed by atoms with Gasteiger partial charge in [0.2, 0.25) is 6.08 Å². The average molecular weight is 190 g/mol. The summed E-state index contributed by atoms with van der Waals surface area (Å²) in [6, 6.07) is 3.36. The molecule has 0 unspecified atom stereocenters. The number of fused-ring (bicyclic) bond motifs is 1. The molecule has 14 heavy (non-hydrogen) atoms. The van der Waals surface area contributed by atoms with E-state index < -0.39 is 5.76 Å². The molecule has 2 aromatic rings. The quantitative estimate of drug-likeness (QED) is 0.545. The molecule has 5 nitrogen and oxygen atoms in total. The van der Waals surface area contributed by atoms with Gasteiger partial charge in [0.05, 0.1) is 0 Å². The van der Waals surface area contributed by atoms with Crippen LogP contribution in [0.5, 0.6) is 0 Å². The minimum absolute atomic E-state index is 0.362.